The molecule has 2 heterocycles. The lowest BCUT2D eigenvalue weighted by Gasteiger charge is -2.23. The van der Waals surface area contributed by atoms with E-state index in [0.29, 0.717) is 19.0 Å². The third-order valence-corrected chi connectivity index (χ3v) is 3.15. The number of carbonyl (C=O) groups excluding carboxylic acids is 2. The van der Waals surface area contributed by atoms with Crippen molar-refractivity contribution in [3.8, 4) is 0 Å². The van der Waals surface area contributed by atoms with Gasteiger partial charge in [0.2, 0.25) is 0 Å². The van der Waals surface area contributed by atoms with E-state index in [0.717, 1.165) is 12.8 Å². The number of carbonyl (C=O) groups is 2. The highest BCUT2D eigenvalue weighted by Gasteiger charge is 2.33. The van der Waals surface area contributed by atoms with E-state index in [1.807, 2.05) is 4.90 Å². The van der Waals surface area contributed by atoms with Crippen molar-refractivity contribution in [3.05, 3.63) is 18.1 Å². The minimum Gasteiger partial charge on any atom is -0.464 e. The Hall–Kier alpha value is -2.18. The maximum atomic E-state index is 11.9. The minimum absolute atomic E-state index is 0.173. The highest BCUT2D eigenvalue weighted by atomic mass is 16.5. The number of nitrogens with zero attached hydrogens (tertiary/aromatic N) is 3. The summed E-state index contributed by atoms with van der Waals surface area (Å²) in [6, 6.07) is 1.18. The van der Waals surface area contributed by atoms with E-state index in [9.17, 15) is 9.59 Å². The second-order valence-electron chi connectivity index (χ2n) is 4.36. The first kappa shape index (κ1) is 14.2. The Labute approximate surface area is 116 Å². The van der Waals surface area contributed by atoms with E-state index in [-0.39, 0.29) is 17.7 Å². The zero-order chi connectivity index (χ0) is 14.5. The molecule has 0 N–H and O–H groups in total. The molecule has 0 bridgehead atoms. The molecule has 1 aliphatic rings. The Morgan fingerprint density at radius 1 is 1.45 bits per heavy atom. The molecule has 2 rings (SSSR count). The molecule has 0 unspecified atom stereocenters. The first-order chi connectivity index (χ1) is 9.67. The van der Waals surface area contributed by atoms with Crippen LogP contribution < -0.4 is 4.90 Å². The second-order valence-corrected chi connectivity index (χ2v) is 4.36. The molecule has 0 radical (unpaired) electrons. The van der Waals surface area contributed by atoms with Crippen LogP contribution in [0.25, 0.3) is 0 Å². The lowest BCUT2D eigenvalue weighted by atomic mass is 10.2. The SMILES string of the molecule is CCOC(=O)[C@H]1CCCN1c1cc(C(=O)OC)ncn1. The first-order valence-corrected chi connectivity index (χ1v) is 6.51. The van der Waals surface area contributed by atoms with Crippen LogP contribution in [0.3, 0.4) is 0 Å². The molecule has 20 heavy (non-hydrogen) atoms. The molecule has 0 spiro atoms. The maximum absolute atomic E-state index is 11.9. The normalized spacial score (nSPS) is 17.9. The summed E-state index contributed by atoms with van der Waals surface area (Å²) >= 11 is 0. The van der Waals surface area contributed by atoms with Crippen LogP contribution in [0.4, 0.5) is 5.82 Å². The molecular weight excluding hydrogens is 262 g/mol. The van der Waals surface area contributed by atoms with Gasteiger partial charge in [-0.15, -0.1) is 0 Å². The van der Waals surface area contributed by atoms with E-state index in [2.05, 4.69) is 14.7 Å². The first-order valence-electron chi connectivity index (χ1n) is 6.51. The molecule has 7 heteroatoms. The smallest absolute Gasteiger partial charge is 0.356 e. The van der Waals surface area contributed by atoms with Gasteiger partial charge in [0, 0.05) is 12.6 Å². The van der Waals surface area contributed by atoms with Gasteiger partial charge in [-0.25, -0.2) is 19.6 Å². The number of rotatable bonds is 4. The Balaban J connectivity index is 2.21. The average molecular weight is 279 g/mol. The van der Waals surface area contributed by atoms with E-state index in [1.165, 1.54) is 19.5 Å². The number of anilines is 1. The minimum atomic E-state index is -0.527. The monoisotopic (exact) mass is 279 g/mol. The summed E-state index contributed by atoms with van der Waals surface area (Å²) in [5.74, 6) is -0.250. The van der Waals surface area contributed by atoms with Crippen molar-refractivity contribution in [2.75, 3.05) is 25.2 Å². The fraction of sp³-hybridized carbons (Fsp3) is 0.538. The molecule has 1 aliphatic heterocycles. The summed E-state index contributed by atoms with van der Waals surface area (Å²) in [7, 11) is 1.29. The molecule has 1 aromatic heterocycles. The summed E-state index contributed by atoms with van der Waals surface area (Å²) in [4.78, 5) is 33.2. The van der Waals surface area contributed by atoms with Crippen LogP contribution in [0.1, 0.15) is 30.3 Å². The van der Waals surface area contributed by atoms with Crippen molar-refractivity contribution < 1.29 is 19.1 Å². The summed E-state index contributed by atoms with van der Waals surface area (Å²) in [5.41, 5.74) is 0.173. The zero-order valence-corrected chi connectivity index (χ0v) is 11.5. The fourth-order valence-electron chi connectivity index (χ4n) is 2.24. The predicted octanol–water partition coefficient (Wildman–Crippen LogP) is 0.795. The number of hydrogen-bond acceptors (Lipinski definition) is 7. The lowest BCUT2D eigenvalue weighted by Crippen LogP contribution is -2.38. The molecule has 0 saturated carbocycles. The Morgan fingerprint density at radius 3 is 2.95 bits per heavy atom. The Kier molecular flexibility index (Phi) is 4.49. The number of esters is 2. The quantitative estimate of drug-likeness (QED) is 0.754. The van der Waals surface area contributed by atoms with Gasteiger partial charge in [0.1, 0.15) is 18.2 Å². The van der Waals surface area contributed by atoms with Gasteiger partial charge < -0.3 is 14.4 Å². The summed E-state index contributed by atoms with van der Waals surface area (Å²) in [5, 5.41) is 0. The van der Waals surface area contributed by atoms with E-state index < -0.39 is 5.97 Å². The van der Waals surface area contributed by atoms with Crippen LogP contribution in [0.15, 0.2) is 12.4 Å². The third-order valence-electron chi connectivity index (χ3n) is 3.15. The molecule has 0 aromatic carbocycles. The molecule has 7 nitrogen and oxygen atoms in total. The van der Waals surface area contributed by atoms with Gasteiger partial charge in [0.15, 0.2) is 5.69 Å². The van der Waals surface area contributed by atoms with Gasteiger partial charge in [0.05, 0.1) is 13.7 Å². The number of methoxy groups -OCH3 is 1. The van der Waals surface area contributed by atoms with Gasteiger partial charge in [-0.2, -0.15) is 0 Å². The standard InChI is InChI=1S/C13H17N3O4/c1-3-20-13(18)10-5-4-6-16(10)11-7-9(12(17)19-2)14-8-15-11/h7-8,10H,3-6H2,1-2H3/t10-/m1/s1. The number of ether oxygens (including phenoxy) is 2. The van der Waals surface area contributed by atoms with Crippen molar-refractivity contribution in [1.82, 2.24) is 9.97 Å². The van der Waals surface area contributed by atoms with Crippen molar-refractivity contribution >= 4 is 17.8 Å². The van der Waals surface area contributed by atoms with Gasteiger partial charge in [0.25, 0.3) is 0 Å². The summed E-state index contributed by atoms with van der Waals surface area (Å²) < 4.78 is 9.69. The molecule has 1 aromatic rings. The van der Waals surface area contributed by atoms with Gasteiger partial charge in [-0.05, 0) is 19.8 Å². The highest BCUT2D eigenvalue weighted by molar-refractivity contribution is 5.88. The molecule has 0 amide bonds. The molecule has 1 fully saturated rings. The largest absolute Gasteiger partial charge is 0.464 e. The maximum Gasteiger partial charge on any atom is 0.356 e. The van der Waals surface area contributed by atoms with Crippen LogP contribution in [-0.2, 0) is 14.3 Å². The van der Waals surface area contributed by atoms with Crippen LogP contribution in [0, 0.1) is 0 Å². The molecule has 108 valence electrons. The molecule has 0 aliphatic carbocycles. The van der Waals surface area contributed by atoms with Crippen LogP contribution in [-0.4, -0.2) is 48.2 Å². The van der Waals surface area contributed by atoms with E-state index >= 15 is 0 Å². The summed E-state index contributed by atoms with van der Waals surface area (Å²) in [6.07, 6.45) is 2.89. The average Bonchev–Trinajstić information content (AvgIpc) is 2.96. The third kappa shape index (κ3) is 2.87. The van der Waals surface area contributed by atoms with Crippen molar-refractivity contribution in [1.29, 1.82) is 0 Å². The fourth-order valence-corrected chi connectivity index (χ4v) is 2.24. The van der Waals surface area contributed by atoms with Crippen molar-refractivity contribution in [3.63, 3.8) is 0 Å². The molecule has 1 saturated heterocycles. The summed E-state index contributed by atoms with van der Waals surface area (Å²) in [6.45, 7) is 2.82. The highest BCUT2D eigenvalue weighted by Crippen LogP contribution is 2.24. The molecular formula is C13H17N3O4. The van der Waals surface area contributed by atoms with Gasteiger partial charge in [-0.1, -0.05) is 0 Å². The number of hydrogen-bond donors (Lipinski definition) is 0. The van der Waals surface area contributed by atoms with Crippen LogP contribution in [0.2, 0.25) is 0 Å². The van der Waals surface area contributed by atoms with Gasteiger partial charge >= 0.3 is 11.9 Å². The molecule has 1 atom stereocenters. The topological polar surface area (TPSA) is 81.6 Å². The van der Waals surface area contributed by atoms with Crippen LogP contribution >= 0.6 is 0 Å². The zero-order valence-electron chi connectivity index (χ0n) is 11.5. The van der Waals surface area contributed by atoms with Gasteiger partial charge in [-0.3, -0.25) is 0 Å². The van der Waals surface area contributed by atoms with E-state index in [4.69, 9.17) is 4.74 Å². The lowest BCUT2D eigenvalue weighted by molar-refractivity contribution is -0.144. The Morgan fingerprint density at radius 2 is 2.25 bits per heavy atom. The van der Waals surface area contributed by atoms with Crippen molar-refractivity contribution in [2.45, 2.75) is 25.8 Å². The van der Waals surface area contributed by atoms with Crippen LogP contribution in [0.5, 0.6) is 0 Å². The van der Waals surface area contributed by atoms with Crippen molar-refractivity contribution in [2.24, 2.45) is 0 Å². The predicted molar refractivity (Wildman–Crippen MR) is 70.4 cm³/mol. The number of aromatic nitrogens is 2. The Bertz CT molecular complexity index is 506. The second kappa shape index (κ2) is 6.31. The van der Waals surface area contributed by atoms with E-state index in [1.54, 1.807) is 6.92 Å².